The van der Waals surface area contributed by atoms with Crippen LogP contribution in [-0.2, 0) is 0 Å². The third-order valence-electron chi connectivity index (χ3n) is 3.82. The minimum atomic E-state index is 0.179. The van der Waals surface area contributed by atoms with E-state index in [0.717, 1.165) is 5.75 Å². The van der Waals surface area contributed by atoms with E-state index in [9.17, 15) is 0 Å². The van der Waals surface area contributed by atoms with Gasteiger partial charge in [0.1, 0.15) is 5.75 Å². The predicted molar refractivity (Wildman–Crippen MR) is 72.8 cm³/mol. The molecule has 0 bridgehead atoms. The third kappa shape index (κ3) is 3.03. The SMILES string of the molecule is COc1ccccc1C(NCCO)C1CCCC1. The molecule has 0 saturated heterocycles. The van der Waals surface area contributed by atoms with Crippen molar-refractivity contribution in [1.82, 2.24) is 5.32 Å². The zero-order valence-corrected chi connectivity index (χ0v) is 11.1. The Kier molecular flexibility index (Phi) is 5.02. The first kappa shape index (κ1) is 13.4. The van der Waals surface area contributed by atoms with Crippen molar-refractivity contribution in [2.75, 3.05) is 20.3 Å². The van der Waals surface area contributed by atoms with Gasteiger partial charge in [0.05, 0.1) is 13.7 Å². The molecule has 1 aromatic rings. The van der Waals surface area contributed by atoms with Gasteiger partial charge in [-0.25, -0.2) is 0 Å². The van der Waals surface area contributed by atoms with Gasteiger partial charge >= 0.3 is 0 Å². The molecular weight excluding hydrogens is 226 g/mol. The molecule has 1 atom stereocenters. The van der Waals surface area contributed by atoms with Crippen molar-refractivity contribution in [3.63, 3.8) is 0 Å². The zero-order chi connectivity index (χ0) is 12.8. The van der Waals surface area contributed by atoms with Gasteiger partial charge in [-0.05, 0) is 24.8 Å². The van der Waals surface area contributed by atoms with E-state index in [1.165, 1.54) is 31.2 Å². The van der Waals surface area contributed by atoms with Crippen LogP contribution in [0.25, 0.3) is 0 Å². The summed E-state index contributed by atoms with van der Waals surface area (Å²) in [5.74, 6) is 1.60. The maximum absolute atomic E-state index is 9.04. The molecule has 0 aromatic heterocycles. The lowest BCUT2D eigenvalue weighted by atomic mass is 9.91. The zero-order valence-electron chi connectivity index (χ0n) is 11.1. The first-order chi connectivity index (χ1) is 8.86. The highest BCUT2D eigenvalue weighted by atomic mass is 16.5. The van der Waals surface area contributed by atoms with Gasteiger partial charge in [-0.15, -0.1) is 0 Å². The first-order valence-corrected chi connectivity index (χ1v) is 6.84. The van der Waals surface area contributed by atoms with Gasteiger partial charge < -0.3 is 15.2 Å². The molecule has 0 radical (unpaired) electrons. The molecule has 1 unspecified atom stereocenters. The second-order valence-electron chi connectivity index (χ2n) is 4.94. The van der Waals surface area contributed by atoms with E-state index in [0.29, 0.717) is 18.5 Å². The summed E-state index contributed by atoms with van der Waals surface area (Å²) in [5.41, 5.74) is 1.22. The van der Waals surface area contributed by atoms with Crippen LogP contribution in [0.2, 0.25) is 0 Å². The van der Waals surface area contributed by atoms with Crippen LogP contribution in [0.3, 0.4) is 0 Å². The van der Waals surface area contributed by atoms with Crippen LogP contribution in [-0.4, -0.2) is 25.4 Å². The average Bonchev–Trinajstić information content (AvgIpc) is 2.94. The van der Waals surface area contributed by atoms with Crippen molar-refractivity contribution in [1.29, 1.82) is 0 Å². The summed E-state index contributed by atoms with van der Waals surface area (Å²) in [6.07, 6.45) is 5.16. The topological polar surface area (TPSA) is 41.5 Å². The number of aliphatic hydroxyl groups excluding tert-OH is 1. The minimum absolute atomic E-state index is 0.179. The maximum atomic E-state index is 9.04. The number of hydrogen-bond acceptors (Lipinski definition) is 3. The number of para-hydroxylation sites is 1. The highest BCUT2D eigenvalue weighted by molar-refractivity contribution is 5.36. The summed E-state index contributed by atoms with van der Waals surface area (Å²) < 4.78 is 5.46. The van der Waals surface area contributed by atoms with Crippen LogP contribution in [0, 0.1) is 5.92 Å². The Hall–Kier alpha value is -1.06. The van der Waals surface area contributed by atoms with Gasteiger partial charge in [-0.2, -0.15) is 0 Å². The van der Waals surface area contributed by atoms with Crippen LogP contribution in [0.15, 0.2) is 24.3 Å². The third-order valence-corrected chi connectivity index (χ3v) is 3.82. The Labute approximate surface area is 109 Å². The Morgan fingerprint density at radius 3 is 2.72 bits per heavy atom. The fourth-order valence-corrected chi connectivity index (χ4v) is 2.96. The summed E-state index contributed by atoms with van der Waals surface area (Å²) in [5, 5.41) is 12.5. The van der Waals surface area contributed by atoms with E-state index in [4.69, 9.17) is 9.84 Å². The second-order valence-corrected chi connectivity index (χ2v) is 4.94. The Balaban J connectivity index is 2.20. The van der Waals surface area contributed by atoms with Crippen molar-refractivity contribution in [2.45, 2.75) is 31.7 Å². The van der Waals surface area contributed by atoms with E-state index in [-0.39, 0.29) is 6.61 Å². The molecule has 0 aliphatic heterocycles. The monoisotopic (exact) mass is 249 g/mol. The molecular formula is C15H23NO2. The molecule has 2 N–H and O–H groups in total. The highest BCUT2D eigenvalue weighted by Gasteiger charge is 2.27. The van der Waals surface area contributed by atoms with Gasteiger partial charge in [0, 0.05) is 18.2 Å². The fraction of sp³-hybridized carbons (Fsp3) is 0.600. The van der Waals surface area contributed by atoms with Gasteiger partial charge in [0.2, 0.25) is 0 Å². The lowest BCUT2D eigenvalue weighted by molar-refractivity contribution is 0.265. The van der Waals surface area contributed by atoms with Crippen LogP contribution < -0.4 is 10.1 Å². The Morgan fingerprint density at radius 2 is 2.06 bits per heavy atom. The van der Waals surface area contributed by atoms with E-state index in [2.05, 4.69) is 17.4 Å². The number of benzene rings is 1. The molecule has 3 heteroatoms. The lowest BCUT2D eigenvalue weighted by Gasteiger charge is -2.26. The summed E-state index contributed by atoms with van der Waals surface area (Å²) in [6, 6.07) is 8.50. The lowest BCUT2D eigenvalue weighted by Crippen LogP contribution is -2.29. The average molecular weight is 249 g/mol. The molecule has 0 amide bonds. The smallest absolute Gasteiger partial charge is 0.123 e. The first-order valence-electron chi connectivity index (χ1n) is 6.84. The molecule has 1 saturated carbocycles. The van der Waals surface area contributed by atoms with E-state index >= 15 is 0 Å². The summed E-state index contributed by atoms with van der Waals surface area (Å²) in [7, 11) is 1.72. The standard InChI is InChI=1S/C15H23NO2/c1-18-14-9-5-4-8-13(14)15(16-10-11-17)12-6-2-3-7-12/h4-5,8-9,12,15-17H,2-3,6-7,10-11H2,1H3. The number of nitrogens with one attached hydrogen (secondary N) is 1. The molecule has 18 heavy (non-hydrogen) atoms. The fourth-order valence-electron chi connectivity index (χ4n) is 2.96. The molecule has 1 aromatic carbocycles. The van der Waals surface area contributed by atoms with Crippen molar-refractivity contribution in [3.05, 3.63) is 29.8 Å². The normalized spacial score (nSPS) is 17.9. The number of hydrogen-bond donors (Lipinski definition) is 2. The van der Waals surface area contributed by atoms with Gasteiger partial charge in [0.15, 0.2) is 0 Å². The maximum Gasteiger partial charge on any atom is 0.123 e. The number of ether oxygens (including phenoxy) is 1. The molecule has 100 valence electrons. The number of aliphatic hydroxyl groups is 1. The van der Waals surface area contributed by atoms with E-state index in [1.807, 2.05) is 12.1 Å². The van der Waals surface area contributed by atoms with Crippen LogP contribution in [0.4, 0.5) is 0 Å². The Bertz CT molecular complexity index is 361. The predicted octanol–water partition coefficient (Wildman–Crippen LogP) is 2.51. The van der Waals surface area contributed by atoms with Crippen LogP contribution in [0.5, 0.6) is 5.75 Å². The second kappa shape index (κ2) is 6.76. The molecule has 2 rings (SSSR count). The van der Waals surface area contributed by atoms with Crippen molar-refractivity contribution in [2.24, 2.45) is 5.92 Å². The summed E-state index contributed by atoms with van der Waals surface area (Å²) >= 11 is 0. The molecule has 1 fully saturated rings. The van der Waals surface area contributed by atoms with Crippen LogP contribution >= 0.6 is 0 Å². The summed E-state index contributed by atoms with van der Waals surface area (Å²) in [6.45, 7) is 0.817. The highest BCUT2D eigenvalue weighted by Crippen LogP contribution is 2.38. The van der Waals surface area contributed by atoms with Crippen molar-refractivity contribution >= 4 is 0 Å². The van der Waals surface area contributed by atoms with Gasteiger partial charge in [-0.3, -0.25) is 0 Å². The van der Waals surface area contributed by atoms with E-state index in [1.54, 1.807) is 7.11 Å². The van der Waals surface area contributed by atoms with E-state index < -0.39 is 0 Å². The van der Waals surface area contributed by atoms with Gasteiger partial charge in [0.25, 0.3) is 0 Å². The molecule has 0 heterocycles. The van der Waals surface area contributed by atoms with Gasteiger partial charge in [-0.1, -0.05) is 31.0 Å². The molecule has 3 nitrogen and oxygen atoms in total. The molecule has 0 spiro atoms. The quantitative estimate of drug-likeness (QED) is 0.814. The van der Waals surface area contributed by atoms with Crippen LogP contribution in [0.1, 0.15) is 37.3 Å². The molecule has 1 aliphatic carbocycles. The Morgan fingerprint density at radius 1 is 1.33 bits per heavy atom. The summed E-state index contributed by atoms with van der Waals surface area (Å²) in [4.78, 5) is 0. The number of rotatable bonds is 6. The number of methoxy groups -OCH3 is 1. The molecule has 1 aliphatic rings. The largest absolute Gasteiger partial charge is 0.496 e. The minimum Gasteiger partial charge on any atom is -0.496 e. The van der Waals surface area contributed by atoms with Crippen molar-refractivity contribution < 1.29 is 9.84 Å². The van der Waals surface area contributed by atoms with Crippen molar-refractivity contribution in [3.8, 4) is 5.75 Å².